The highest BCUT2D eigenvalue weighted by Gasteiger charge is 2.02. The molecule has 4 heteroatoms. The van der Waals surface area contributed by atoms with Gasteiger partial charge in [-0.25, -0.2) is 0 Å². The lowest BCUT2D eigenvalue weighted by atomic mass is 10.2. The molecular formula is C15H12BrNO2. The Morgan fingerprint density at radius 3 is 2.84 bits per heavy atom. The van der Waals surface area contributed by atoms with Crippen LogP contribution in [0.1, 0.15) is 5.69 Å². The summed E-state index contributed by atoms with van der Waals surface area (Å²) < 4.78 is 6.68. The lowest BCUT2D eigenvalue weighted by Crippen LogP contribution is -1.94. The summed E-state index contributed by atoms with van der Waals surface area (Å²) in [5.41, 5.74) is 2.08. The highest BCUT2D eigenvalue weighted by molar-refractivity contribution is 9.10. The zero-order chi connectivity index (χ0) is 13.2. The molecule has 0 aliphatic carbocycles. The first-order chi connectivity index (χ1) is 9.20. The highest BCUT2D eigenvalue weighted by Crippen LogP contribution is 2.22. The third kappa shape index (κ3) is 2.74. The first-order valence-electron chi connectivity index (χ1n) is 5.90. The third-order valence-electron chi connectivity index (χ3n) is 2.85. The second-order valence-corrected chi connectivity index (χ2v) is 5.23. The minimum Gasteiger partial charge on any atom is -0.508 e. The quantitative estimate of drug-likeness (QED) is 0.759. The zero-order valence-electron chi connectivity index (χ0n) is 10.1. The molecule has 19 heavy (non-hydrogen) atoms. The number of rotatable bonds is 3. The molecule has 0 saturated carbocycles. The minimum atomic E-state index is 0.207. The van der Waals surface area contributed by atoms with Crippen molar-refractivity contribution in [3.8, 4) is 11.5 Å². The molecule has 3 rings (SSSR count). The average Bonchev–Trinajstić information content (AvgIpc) is 2.78. The van der Waals surface area contributed by atoms with Crippen LogP contribution in [0, 0.1) is 0 Å². The fraction of sp³-hybridized carbons (Fsp3) is 0.0667. The number of fused-ring (bicyclic) bond motifs is 1. The Morgan fingerprint density at radius 1 is 1.11 bits per heavy atom. The molecule has 3 aromatic rings. The number of nitrogens with one attached hydrogen (secondary N) is 1. The van der Waals surface area contributed by atoms with Gasteiger partial charge in [0.25, 0.3) is 0 Å². The minimum absolute atomic E-state index is 0.207. The maximum absolute atomic E-state index is 9.36. The molecule has 1 heterocycles. The molecule has 3 nitrogen and oxygen atoms in total. The number of benzene rings is 2. The number of phenolic OH excluding ortho intramolecular Hbond substituents is 1. The molecule has 1 aromatic heterocycles. The summed E-state index contributed by atoms with van der Waals surface area (Å²) in [5, 5.41) is 10.5. The van der Waals surface area contributed by atoms with E-state index in [0.29, 0.717) is 12.4 Å². The van der Waals surface area contributed by atoms with E-state index in [2.05, 4.69) is 33.0 Å². The molecule has 0 aliphatic heterocycles. The maximum atomic E-state index is 9.36. The van der Waals surface area contributed by atoms with E-state index >= 15 is 0 Å². The average molecular weight is 318 g/mol. The number of hydrogen-bond acceptors (Lipinski definition) is 2. The Morgan fingerprint density at radius 2 is 2.00 bits per heavy atom. The van der Waals surface area contributed by atoms with Crippen molar-refractivity contribution in [3.63, 3.8) is 0 Å². The number of phenols is 1. The predicted molar refractivity (Wildman–Crippen MR) is 78.4 cm³/mol. The van der Waals surface area contributed by atoms with E-state index in [-0.39, 0.29) is 5.75 Å². The monoisotopic (exact) mass is 317 g/mol. The van der Waals surface area contributed by atoms with Crippen molar-refractivity contribution in [2.45, 2.75) is 6.61 Å². The molecule has 0 atom stereocenters. The van der Waals surface area contributed by atoms with Crippen molar-refractivity contribution in [2.75, 3.05) is 0 Å². The standard InChI is InChI=1S/C15H12BrNO2/c16-11-4-5-15-10(6-11)7-12(17-15)9-19-14-3-1-2-13(18)8-14/h1-8,17-18H,9H2. The van der Waals surface area contributed by atoms with E-state index in [1.54, 1.807) is 18.2 Å². The first-order valence-corrected chi connectivity index (χ1v) is 6.69. The first kappa shape index (κ1) is 12.1. The number of halogens is 1. The van der Waals surface area contributed by atoms with Gasteiger partial charge in [0.2, 0.25) is 0 Å². The van der Waals surface area contributed by atoms with Crippen molar-refractivity contribution in [1.29, 1.82) is 0 Å². The maximum Gasteiger partial charge on any atom is 0.128 e. The van der Waals surface area contributed by atoms with Gasteiger partial charge in [0.1, 0.15) is 18.1 Å². The summed E-state index contributed by atoms with van der Waals surface area (Å²) in [6.07, 6.45) is 0. The lowest BCUT2D eigenvalue weighted by Gasteiger charge is -2.04. The molecule has 0 fully saturated rings. The number of aromatic amines is 1. The van der Waals surface area contributed by atoms with Crippen molar-refractivity contribution >= 4 is 26.8 Å². The number of H-pyrrole nitrogens is 1. The Hall–Kier alpha value is -1.94. The van der Waals surface area contributed by atoms with Gasteiger partial charge in [0.05, 0.1) is 5.69 Å². The Bertz CT molecular complexity index is 721. The third-order valence-corrected chi connectivity index (χ3v) is 3.34. The largest absolute Gasteiger partial charge is 0.508 e. The summed E-state index contributed by atoms with van der Waals surface area (Å²) in [6, 6.07) is 14.9. The van der Waals surface area contributed by atoms with Crippen LogP contribution in [-0.4, -0.2) is 10.1 Å². The van der Waals surface area contributed by atoms with Gasteiger partial charge in [0.15, 0.2) is 0 Å². The zero-order valence-corrected chi connectivity index (χ0v) is 11.6. The molecular weight excluding hydrogens is 306 g/mol. The van der Waals surface area contributed by atoms with Crippen LogP contribution in [-0.2, 0) is 6.61 Å². The van der Waals surface area contributed by atoms with Gasteiger partial charge in [-0.2, -0.15) is 0 Å². The second kappa shape index (κ2) is 4.97. The van der Waals surface area contributed by atoms with Gasteiger partial charge < -0.3 is 14.8 Å². The summed E-state index contributed by atoms with van der Waals surface area (Å²) in [4.78, 5) is 3.30. The van der Waals surface area contributed by atoms with Crippen LogP contribution in [0.3, 0.4) is 0 Å². The van der Waals surface area contributed by atoms with Gasteiger partial charge in [-0.1, -0.05) is 22.0 Å². The fourth-order valence-electron chi connectivity index (χ4n) is 1.98. The number of ether oxygens (including phenoxy) is 1. The van der Waals surface area contributed by atoms with E-state index in [1.807, 2.05) is 18.2 Å². The Balaban J connectivity index is 1.78. The van der Waals surface area contributed by atoms with Crippen LogP contribution in [0.5, 0.6) is 11.5 Å². The van der Waals surface area contributed by atoms with Crippen LogP contribution in [0.2, 0.25) is 0 Å². The van der Waals surface area contributed by atoms with Crippen LogP contribution < -0.4 is 4.74 Å². The number of hydrogen-bond donors (Lipinski definition) is 2. The normalized spacial score (nSPS) is 10.8. The van der Waals surface area contributed by atoms with Crippen molar-refractivity contribution in [1.82, 2.24) is 4.98 Å². The van der Waals surface area contributed by atoms with Gasteiger partial charge in [-0.3, -0.25) is 0 Å². The molecule has 0 bridgehead atoms. The number of aromatic hydroxyl groups is 1. The molecule has 96 valence electrons. The van der Waals surface area contributed by atoms with Gasteiger partial charge >= 0.3 is 0 Å². The molecule has 0 aliphatic rings. The highest BCUT2D eigenvalue weighted by atomic mass is 79.9. The molecule has 0 radical (unpaired) electrons. The molecule has 0 spiro atoms. The smallest absolute Gasteiger partial charge is 0.128 e. The van der Waals surface area contributed by atoms with Gasteiger partial charge in [-0.05, 0) is 36.4 Å². The predicted octanol–water partition coefficient (Wildman–Crippen LogP) is 4.22. The summed E-state index contributed by atoms with van der Waals surface area (Å²) in [5.74, 6) is 0.859. The molecule has 0 unspecified atom stereocenters. The number of aromatic nitrogens is 1. The molecule has 0 saturated heterocycles. The van der Waals surface area contributed by atoms with Crippen LogP contribution >= 0.6 is 15.9 Å². The molecule has 2 aromatic carbocycles. The van der Waals surface area contributed by atoms with E-state index in [4.69, 9.17) is 4.74 Å². The molecule has 0 amide bonds. The van der Waals surface area contributed by atoms with Crippen molar-refractivity contribution in [3.05, 3.63) is 58.7 Å². The van der Waals surface area contributed by atoms with E-state index in [9.17, 15) is 5.11 Å². The van der Waals surface area contributed by atoms with Crippen LogP contribution in [0.15, 0.2) is 53.0 Å². The summed E-state index contributed by atoms with van der Waals surface area (Å²) >= 11 is 3.45. The molecule has 2 N–H and O–H groups in total. The van der Waals surface area contributed by atoms with Crippen molar-refractivity contribution < 1.29 is 9.84 Å². The summed E-state index contributed by atoms with van der Waals surface area (Å²) in [7, 11) is 0. The van der Waals surface area contributed by atoms with Crippen LogP contribution in [0.4, 0.5) is 0 Å². The Labute approximate surface area is 119 Å². The topological polar surface area (TPSA) is 45.2 Å². The lowest BCUT2D eigenvalue weighted by molar-refractivity contribution is 0.300. The van der Waals surface area contributed by atoms with E-state index < -0.39 is 0 Å². The van der Waals surface area contributed by atoms with E-state index in [1.165, 1.54) is 0 Å². The summed E-state index contributed by atoms with van der Waals surface area (Å²) in [6.45, 7) is 0.440. The second-order valence-electron chi connectivity index (χ2n) is 4.31. The fourth-order valence-corrected chi connectivity index (χ4v) is 2.35. The van der Waals surface area contributed by atoms with E-state index in [0.717, 1.165) is 21.1 Å². The van der Waals surface area contributed by atoms with Gasteiger partial charge in [-0.15, -0.1) is 0 Å². The van der Waals surface area contributed by atoms with Crippen LogP contribution in [0.25, 0.3) is 10.9 Å². The SMILES string of the molecule is Oc1cccc(OCc2cc3cc(Br)ccc3[nH]2)c1. The Kier molecular flexibility index (Phi) is 3.17. The van der Waals surface area contributed by atoms with Gasteiger partial charge in [0, 0.05) is 21.4 Å². The van der Waals surface area contributed by atoms with Crippen molar-refractivity contribution in [2.24, 2.45) is 0 Å².